The molecule has 1 aromatic heterocycles. The summed E-state index contributed by atoms with van der Waals surface area (Å²) in [6, 6.07) is 9.94. The summed E-state index contributed by atoms with van der Waals surface area (Å²) in [6.07, 6.45) is 0. The summed E-state index contributed by atoms with van der Waals surface area (Å²) >= 11 is 3.31. The SMILES string of the molecule is COc1ccc(NC(C)c2ccc(Br)o2)c(C)c1. The van der Waals surface area contributed by atoms with E-state index in [-0.39, 0.29) is 6.04 Å². The normalized spacial score (nSPS) is 12.2. The minimum absolute atomic E-state index is 0.114. The quantitative estimate of drug-likeness (QED) is 0.901. The molecule has 1 atom stereocenters. The monoisotopic (exact) mass is 309 g/mol. The molecule has 96 valence electrons. The van der Waals surface area contributed by atoms with Gasteiger partial charge in [-0.1, -0.05) is 0 Å². The highest BCUT2D eigenvalue weighted by Gasteiger charge is 2.11. The van der Waals surface area contributed by atoms with Crippen LogP contribution < -0.4 is 10.1 Å². The second kappa shape index (κ2) is 5.48. The van der Waals surface area contributed by atoms with E-state index in [2.05, 4.69) is 35.1 Å². The van der Waals surface area contributed by atoms with Crippen molar-refractivity contribution in [1.82, 2.24) is 0 Å². The van der Waals surface area contributed by atoms with Gasteiger partial charge in [0.25, 0.3) is 0 Å². The van der Waals surface area contributed by atoms with Crippen molar-refractivity contribution in [2.45, 2.75) is 19.9 Å². The Morgan fingerprint density at radius 1 is 1.28 bits per heavy atom. The molecule has 18 heavy (non-hydrogen) atoms. The maximum Gasteiger partial charge on any atom is 0.169 e. The summed E-state index contributed by atoms with van der Waals surface area (Å²) in [5, 5.41) is 3.42. The number of anilines is 1. The number of methoxy groups -OCH3 is 1. The number of hydrogen-bond acceptors (Lipinski definition) is 3. The summed E-state index contributed by atoms with van der Waals surface area (Å²) in [6.45, 7) is 4.12. The van der Waals surface area contributed by atoms with Crippen LogP contribution in [0.1, 0.15) is 24.3 Å². The summed E-state index contributed by atoms with van der Waals surface area (Å²) in [4.78, 5) is 0. The smallest absolute Gasteiger partial charge is 0.169 e. The van der Waals surface area contributed by atoms with Crippen molar-refractivity contribution in [3.05, 3.63) is 46.3 Å². The molecule has 0 saturated heterocycles. The van der Waals surface area contributed by atoms with E-state index < -0.39 is 0 Å². The second-order valence-corrected chi connectivity index (χ2v) is 4.97. The van der Waals surface area contributed by atoms with Gasteiger partial charge in [0.15, 0.2) is 4.67 Å². The van der Waals surface area contributed by atoms with Crippen LogP contribution in [0.2, 0.25) is 0 Å². The lowest BCUT2D eigenvalue weighted by Crippen LogP contribution is -2.06. The third-order valence-electron chi connectivity index (χ3n) is 2.83. The first kappa shape index (κ1) is 13.0. The molecule has 2 aromatic rings. The summed E-state index contributed by atoms with van der Waals surface area (Å²) in [5.41, 5.74) is 2.22. The Kier molecular flexibility index (Phi) is 3.97. The van der Waals surface area contributed by atoms with Gasteiger partial charge in [0.1, 0.15) is 11.5 Å². The topological polar surface area (TPSA) is 34.4 Å². The van der Waals surface area contributed by atoms with Crippen LogP contribution in [0.15, 0.2) is 39.4 Å². The first-order valence-corrected chi connectivity index (χ1v) is 6.56. The predicted octanol–water partition coefficient (Wildman–Crippen LogP) is 4.53. The molecule has 0 amide bonds. The zero-order chi connectivity index (χ0) is 13.1. The minimum atomic E-state index is 0.114. The van der Waals surface area contributed by atoms with Crippen molar-refractivity contribution in [2.75, 3.05) is 12.4 Å². The van der Waals surface area contributed by atoms with Crippen molar-refractivity contribution in [2.24, 2.45) is 0 Å². The highest BCUT2D eigenvalue weighted by atomic mass is 79.9. The Hall–Kier alpha value is -1.42. The molecule has 0 bridgehead atoms. The number of aryl methyl sites for hydroxylation is 1. The molecule has 1 unspecified atom stereocenters. The average molecular weight is 310 g/mol. The van der Waals surface area contributed by atoms with Gasteiger partial charge in [-0.15, -0.1) is 0 Å². The molecular formula is C14H16BrNO2. The van der Waals surface area contributed by atoms with E-state index in [0.29, 0.717) is 0 Å². The van der Waals surface area contributed by atoms with E-state index in [1.54, 1.807) is 7.11 Å². The standard InChI is InChI=1S/C14H16BrNO2/c1-9-8-11(17-3)4-5-12(9)16-10(2)13-6-7-14(15)18-13/h4-8,10,16H,1-3H3. The first-order valence-electron chi connectivity index (χ1n) is 5.76. The van der Waals surface area contributed by atoms with Crippen LogP contribution in [0.3, 0.4) is 0 Å². The molecule has 0 aliphatic rings. The lowest BCUT2D eigenvalue weighted by molar-refractivity contribution is 0.414. The molecule has 3 nitrogen and oxygen atoms in total. The molecule has 0 saturated carbocycles. The molecule has 1 N–H and O–H groups in total. The number of halogens is 1. The van der Waals surface area contributed by atoms with Gasteiger partial charge >= 0.3 is 0 Å². The first-order chi connectivity index (χ1) is 8.60. The van der Waals surface area contributed by atoms with Crippen LogP contribution in [0.5, 0.6) is 5.75 Å². The van der Waals surface area contributed by atoms with Gasteiger partial charge < -0.3 is 14.5 Å². The number of rotatable bonds is 4. The average Bonchev–Trinajstić information content (AvgIpc) is 2.78. The Bertz CT molecular complexity index is 536. The van der Waals surface area contributed by atoms with Gasteiger partial charge in [0.05, 0.1) is 13.2 Å². The molecule has 0 fully saturated rings. The molecule has 2 rings (SSSR count). The van der Waals surface area contributed by atoms with Gasteiger partial charge in [0, 0.05) is 5.69 Å². The third kappa shape index (κ3) is 2.88. The maximum atomic E-state index is 5.53. The van der Waals surface area contributed by atoms with E-state index in [9.17, 15) is 0 Å². The van der Waals surface area contributed by atoms with Crippen LogP contribution in [0, 0.1) is 6.92 Å². The van der Waals surface area contributed by atoms with Crippen molar-refractivity contribution in [1.29, 1.82) is 0 Å². The van der Waals surface area contributed by atoms with Crippen LogP contribution in [-0.4, -0.2) is 7.11 Å². The fourth-order valence-corrected chi connectivity index (χ4v) is 2.11. The van der Waals surface area contributed by atoms with Crippen molar-refractivity contribution >= 4 is 21.6 Å². The van der Waals surface area contributed by atoms with E-state index in [1.165, 1.54) is 0 Å². The van der Waals surface area contributed by atoms with Crippen LogP contribution in [0.4, 0.5) is 5.69 Å². The molecule has 0 radical (unpaired) electrons. The summed E-state index contributed by atoms with van der Waals surface area (Å²) in [7, 11) is 1.67. The Morgan fingerprint density at radius 2 is 2.06 bits per heavy atom. The molecular weight excluding hydrogens is 294 g/mol. The number of ether oxygens (including phenoxy) is 1. The van der Waals surface area contributed by atoms with Crippen molar-refractivity contribution < 1.29 is 9.15 Å². The number of benzene rings is 1. The second-order valence-electron chi connectivity index (χ2n) is 4.19. The summed E-state index contributed by atoms with van der Waals surface area (Å²) < 4.78 is 11.5. The van der Waals surface area contributed by atoms with E-state index in [4.69, 9.17) is 9.15 Å². The zero-order valence-corrected chi connectivity index (χ0v) is 12.2. The van der Waals surface area contributed by atoms with E-state index in [0.717, 1.165) is 27.4 Å². The van der Waals surface area contributed by atoms with E-state index in [1.807, 2.05) is 30.3 Å². The number of furan rings is 1. The molecule has 1 heterocycles. The van der Waals surface area contributed by atoms with E-state index >= 15 is 0 Å². The highest BCUT2D eigenvalue weighted by Crippen LogP contribution is 2.27. The highest BCUT2D eigenvalue weighted by molar-refractivity contribution is 9.10. The number of hydrogen-bond donors (Lipinski definition) is 1. The summed E-state index contributed by atoms with van der Waals surface area (Å²) in [5.74, 6) is 1.77. The Labute approximate surface area is 115 Å². The van der Waals surface area contributed by atoms with Gasteiger partial charge in [-0.2, -0.15) is 0 Å². The maximum absolute atomic E-state index is 5.53. The molecule has 0 aliphatic heterocycles. The van der Waals surface area contributed by atoms with Crippen LogP contribution in [0.25, 0.3) is 0 Å². The lowest BCUT2D eigenvalue weighted by Gasteiger charge is -2.15. The molecule has 0 aliphatic carbocycles. The van der Waals surface area contributed by atoms with Crippen LogP contribution >= 0.6 is 15.9 Å². The fraction of sp³-hybridized carbons (Fsp3) is 0.286. The largest absolute Gasteiger partial charge is 0.497 e. The minimum Gasteiger partial charge on any atom is -0.497 e. The Morgan fingerprint density at radius 3 is 2.61 bits per heavy atom. The molecule has 4 heteroatoms. The Balaban J connectivity index is 2.14. The van der Waals surface area contributed by atoms with Crippen LogP contribution in [-0.2, 0) is 0 Å². The number of nitrogens with one attached hydrogen (secondary N) is 1. The molecule has 1 aromatic carbocycles. The third-order valence-corrected chi connectivity index (χ3v) is 3.25. The van der Waals surface area contributed by atoms with Gasteiger partial charge in [-0.3, -0.25) is 0 Å². The predicted molar refractivity (Wildman–Crippen MR) is 76.2 cm³/mol. The molecule has 0 spiro atoms. The lowest BCUT2D eigenvalue weighted by atomic mass is 10.1. The van der Waals surface area contributed by atoms with Gasteiger partial charge in [0.2, 0.25) is 0 Å². The zero-order valence-electron chi connectivity index (χ0n) is 10.7. The van der Waals surface area contributed by atoms with Crippen molar-refractivity contribution in [3.63, 3.8) is 0 Å². The fourth-order valence-electron chi connectivity index (χ4n) is 1.79. The van der Waals surface area contributed by atoms with Gasteiger partial charge in [-0.05, 0) is 65.7 Å². The van der Waals surface area contributed by atoms with Crippen molar-refractivity contribution in [3.8, 4) is 5.75 Å². The van der Waals surface area contributed by atoms with Gasteiger partial charge in [-0.25, -0.2) is 0 Å².